The van der Waals surface area contributed by atoms with E-state index in [0.717, 1.165) is 24.3 Å². The summed E-state index contributed by atoms with van der Waals surface area (Å²) in [6, 6.07) is 9.96. The van der Waals surface area contributed by atoms with Gasteiger partial charge in [-0.15, -0.1) is 0 Å². The predicted molar refractivity (Wildman–Crippen MR) is 87.7 cm³/mol. The van der Waals surface area contributed by atoms with E-state index < -0.39 is 0 Å². The number of aryl methyl sites for hydroxylation is 1. The molecule has 21 heavy (non-hydrogen) atoms. The number of nitrogens with one attached hydrogen (secondary N) is 1. The van der Waals surface area contributed by atoms with Gasteiger partial charge in [0.25, 0.3) is 0 Å². The lowest BCUT2D eigenvalue weighted by molar-refractivity contribution is -0.115. The molecule has 0 bridgehead atoms. The Morgan fingerprint density at radius 2 is 1.81 bits per heavy atom. The van der Waals surface area contributed by atoms with Gasteiger partial charge in [-0.05, 0) is 49.7 Å². The number of hydrogen-bond acceptors (Lipinski definition) is 2. The van der Waals surface area contributed by atoms with E-state index in [4.69, 9.17) is 0 Å². The topological polar surface area (TPSA) is 37.3 Å². The average Bonchev–Trinajstić information content (AvgIpc) is 2.87. The van der Waals surface area contributed by atoms with Gasteiger partial charge in [0.1, 0.15) is 0 Å². The van der Waals surface area contributed by atoms with Gasteiger partial charge < -0.3 is 14.8 Å². The molecule has 0 atom stereocenters. The van der Waals surface area contributed by atoms with E-state index in [0.29, 0.717) is 6.42 Å². The third-order valence-corrected chi connectivity index (χ3v) is 3.54. The molecular formula is C17H23N3O. The summed E-state index contributed by atoms with van der Waals surface area (Å²) < 4.78 is 1.95. The van der Waals surface area contributed by atoms with Crippen LogP contribution in [0, 0.1) is 0 Å². The summed E-state index contributed by atoms with van der Waals surface area (Å²) in [5, 5.41) is 2.94. The Morgan fingerprint density at radius 3 is 2.33 bits per heavy atom. The van der Waals surface area contributed by atoms with Crippen LogP contribution in [0.1, 0.15) is 19.4 Å². The van der Waals surface area contributed by atoms with Crippen molar-refractivity contribution in [2.75, 3.05) is 23.3 Å². The highest BCUT2D eigenvalue weighted by Gasteiger charge is 2.06. The molecule has 0 aliphatic carbocycles. The van der Waals surface area contributed by atoms with Gasteiger partial charge in [0.05, 0.1) is 6.42 Å². The monoisotopic (exact) mass is 285 g/mol. The molecule has 1 amide bonds. The molecule has 0 aliphatic heterocycles. The summed E-state index contributed by atoms with van der Waals surface area (Å²) in [6.07, 6.45) is 4.31. The molecule has 0 spiro atoms. The Hall–Kier alpha value is -2.23. The number of amides is 1. The third-order valence-electron chi connectivity index (χ3n) is 3.54. The average molecular weight is 285 g/mol. The van der Waals surface area contributed by atoms with Crippen LogP contribution in [0.25, 0.3) is 0 Å². The van der Waals surface area contributed by atoms with Crippen molar-refractivity contribution >= 4 is 17.3 Å². The quantitative estimate of drug-likeness (QED) is 0.885. The Balaban J connectivity index is 1.95. The van der Waals surface area contributed by atoms with Crippen molar-refractivity contribution < 1.29 is 4.79 Å². The summed E-state index contributed by atoms with van der Waals surface area (Å²) >= 11 is 0. The highest BCUT2D eigenvalue weighted by atomic mass is 16.1. The molecule has 2 rings (SSSR count). The SMILES string of the molecule is CCN(CC)c1ccc(NC(=O)Cc2ccn(C)c2)cc1. The van der Waals surface area contributed by atoms with Gasteiger partial charge in [0.2, 0.25) is 5.91 Å². The predicted octanol–water partition coefficient (Wildman–Crippen LogP) is 3.05. The smallest absolute Gasteiger partial charge is 0.228 e. The van der Waals surface area contributed by atoms with Gasteiger partial charge in [-0.25, -0.2) is 0 Å². The summed E-state index contributed by atoms with van der Waals surface area (Å²) in [4.78, 5) is 14.3. The Labute approximate surface area is 126 Å². The van der Waals surface area contributed by atoms with Gasteiger partial charge in [-0.3, -0.25) is 4.79 Å². The van der Waals surface area contributed by atoms with Crippen LogP contribution < -0.4 is 10.2 Å². The number of carbonyl (C=O) groups excluding carboxylic acids is 1. The minimum absolute atomic E-state index is 0.0109. The minimum atomic E-state index is 0.0109. The maximum absolute atomic E-state index is 12.0. The van der Waals surface area contributed by atoms with Crippen molar-refractivity contribution in [3.63, 3.8) is 0 Å². The highest BCUT2D eigenvalue weighted by molar-refractivity contribution is 5.92. The van der Waals surface area contributed by atoms with Crippen molar-refractivity contribution in [1.82, 2.24) is 4.57 Å². The molecule has 0 fully saturated rings. The zero-order valence-corrected chi connectivity index (χ0v) is 13.0. The van der Waals surface area contributed by atoms with Gasteiger partial charge in [0, 0.05) is 43.9 Å². The summed E-state index contributed by atoms with van der Waals surface area (Å²) in [7, 11) is 1.95. The first-order valence-electron chi connectivity index (χ1n) is 7.38. The molecule has 1 N–H and O–H groups in total. The van der Waals surface area contributed by atoms with Crippen LogP contribution in [0.4, 0.5) is 11.4 Å². The number of nitrogens with zero attached hydrogens (tertiary/aromatic N) is 2. The normalized spacial score (nSPS) is 10.4. The fourth-order valence-electron chi connectivity index (χ4n) is 2.40. The number of benzene rings is 1. The van der Waals surface area contributed by atoms with Crippen LogP contribution >= 0.6 is 0 Å². The van der Waals surface area contributed by atoms with Crippen molar-refractivity contribution in [1.29, 1.82) is 0 Å². The molecule has 0 saturated carbocycles. The van der Waals surface area contributed by atoms with Gasteiger partial charge in [-0.1, -0.05) is 0 Å². The molecule has 0 unspecified atom stereocenters. The summed E-state index contributed by atoms with van der Waals surface area (Å²) in [5.41, 5.74) is 3.04. The fraction of sp³-hybridized carbons (Fsp3) is 0.353. The maximum atomic E-state index is 12.0. The first kappa shape index (κ1) is 15.2. The third kappa shape index (κ3) is 4.12. The minimum Gasteiger partial charge on any atom is -0.372 e. The van der Waals surface area contributed by atoms with E-state index in [1.54, 1.807) is 0 Å². The Morgan fingerprint density at radius 1 is 1.14 bits per heavy atom. The van der Waals surface area contributed by atoms with Crippen LogP contribution in [-0.2, 0) is 18.3 Å². The Kier molecular flexibility index (Phi) is 5.04. The van der Waals surface area contributed by atoms with E-state index in [2.05, 4.69) is 24.1 Å². The van der Waals surface area contributed by atoms with Crippen molar-refractivity contribution in [2.45, 2.75) is 20.3 Å². The fourth-order valence-corrected chi connectivity index (χ4v) is 2.40. The van der Waals surface area contributed by atoms with Crippen molar-refractivity contribution in [3.05, 3.63) is 48.3 Å². The number of hydrogen-bond donors (Lipinski definition) is 1. The lowest BCUT2D eigenvalue weighted by Crippen LogP contribution is -2.21. The van der Waals surface area contributed by atoms with E-state index in [9.17, 15) is 4.79 Å². The van der Waals surface area contributed by atoms with E-state index >= 15 is 0 Å². The molecule has 4 nitrogen and oxygen atoms in total. The van der Waals surface area contributed by atoms with Crippen LogP contribution in [-0.4, -0.2) is 23.6 Å². The van der Waals surface area contributed by atoms with Crippen molar-refractivity contribution in [3.8, 4) is 0 Å². The highest BCUT2D eigenvalue weighted by Crippen LogP contribution is 2.17. The molecule has 1 aromatic carbocycles. The van der Waals surface area contributed by atoms with Gasteiger partial charge >= 0.3 is 0 Å². The first-order valence-corrected chi connectivity index (χ1v) is 7.38. The van der Waals surface area contributed by atoms with Crippen LogP contribution in [0.5, 0.6) is 0 Å². The second kappa shape index (κ2) is 6.97. The van der Waals surface area contributed by atoms with E-state index in [1.807, 2.05) is 54.3 Å². The molecule has 4 heteroatoms. The van der Waals surface area contributed by atoms with Crippen LogP contribution in [0.2, 0.25) is 0 Å². The summed E-state index contributed by atoms with van der Waals surface area (Å²) in [6.45, 7) is 6.24. The summed E-state index contributed by atoms with van der Waals surface area (Å²) in [5.74, 6) is 0.0109. The molecule has 1 aromatic heterocycles. The number of carbonyl (C=O) groups is 1. The standard InChI is InChI=1S/C17H23N3O/c1-4-20(5-2)16-8-6-15(7-9-16)18-17(21)12-14-10-11-19(3)13-14/h6-11,13H,4-5,12H2,1-3H3,(H,18,21). The van der Waals surface area contributed by atoms with E-state index in [1.165, 1.54) is 5.69 Å². The first-order chi connectivity index (χ1) is 10.1. The molecule has 0 saturated heterocycles. The Bertz CT molecular complexity index is 582. The number of rotatable bonds is 6. The van der Waals surface area contributed by atoms with E-state index in [-0.39, 0.29) is 5.91 Å². The van der Waals surface area contributed by atoms with Crippen molar-refractivity contribution in [2.24, 2.45) is 7.05 Å². The van der Waals surface area contributed by atoms with Gasteiger partial charge in [-0.2, -0.15) is 0 Å². The molecule has 2 aromatic rings. The number of aromatic nitrogens is 1. The largest absolute Gasteiger partial charge is 0.372 e. The molecule has 112 valence electrons. The lowest BCUT2D eigenvalue weighted by Gasteiger charge is -2.21. The second-order valence-corrected chi connectivity index (χ2v) is 5.13. The zero-order valence-electron chi connectivity index (χ0n) is 13.0. The lowest BCUT2D eigenvalue weighted by atomic mass is 10.2. The zero-order chi connectivity index (χ0) is 15.2. The molecule has 1 heterocycles. The maximum Gasteiger partial charge on any atom is 0.228 e. The van der Waals surface area contributed by atoms with Gasteiger partial charge in [0.15, 0.2) is 0 Å². The molecular weight excluding hydrogens is 262 g/mol. The second-order valence-electron chi connectivity index (χ2n) is 5.13. The van der Waals surface area contributed by atoms with Crippen LogP contribution in [0.3, 0.4) is 0 Å². The molecule has 0 aliphatic rings. The number of anilines is 2. The van der Waals surface area contributed by atoms with Crippen LogP contribution in [0.15, 0.2) is 42.7 Å². The molecule has 0 radical (unpaired) electrons.